The Hall–Kier alpha value is -1.62. The first kappa shape index (κ1) is 19.2. The topological polar surface area (TPSA) is 67.1 Å². The molecule has 0 saturated heterocycles. The average Bonchev–Trinajstić information content (AvgIpc) is 2.60. The molecule has 0 bridgehead atoms. The third kappa shape index (κ3) is 4.56. The SMILES string of the molecule is Nc1cc(Cl)c(NC(=O)c2ccc(Cl)cc2Cl)cc1NC1CCCCC1. The zero-order chi connectivity index (χ0) is 18.7. The Morgan fingerprint density at radius 2 is 1.69 bits per heavy atom. The third-order valence-electron chi connectivity index (χ3n) is 4.53. The number of nitrogen functional groups attached to an aromatic ring is 1. The van der Waals surface area contributed by atoms with E-state index in [2.05, 4.69) is 10.6 Å². The van der Waals surface area contributed by atoms with Crippen LogP contribution in [0.5, 0.6) is 0 Å². The summed E-state index contributed by atoms with van der Waals surface area (Å²) in [6, 6.07) is 8.52. The lowest BCUT2D eigenvalue weighted by molar-refractivity contribution is 0.102. The van der Waals surface area contributed by atoms with Crippen LogP contribution in [0.3, 0.4) is 0 Å². The monoisotopic (exact) mass is 411 g/mol. The van der Waals surface area contributed by atoms with E-state index < -0.39 is 0 Å². The van der Waals surface area contributed by atoms with Gasteiger partial charge < -0.3 is 16.4 Å². The summed E-state index contributed by atoms with van der Waals surface area (Å²) in [7, 11) is 0. The number of anilines is 3. The summed E-state index contributed by atoms with van der Waals surface area (Å²) in [5.74, 6) is -0.359. The molecular formula is C19H20Cl3N3O. The second-order valence-electron chi connectivity index (χ2n) is 6.48. The molecule has 0 unspecified atom stereocenters. The zero-order valence-electron chi connectivity index (χ0n) is 14.1. The number of hydrogen-bond donors (Lipinski definition) is 3. The minimum atomic E-state index is -0.359. The lowest BCUT2D eigenvalue weighted by Crippen LogP contribution is -2.23. The smallest absolute Gasteiger partial charge is 0.257 e. The maximum absolute atomic E-state index is 12.5. The van der Waals surface area contributed by atoms with Crippen molar-refractivity contribution in [1.82, 2.24) is 0 Å². The molecule has 1 aliphatic carbocycles. The second-order valence-corrected chi connectivity index (χ2v) is 7.73. The van der Waals surface area contributed by atoms with Gasteiger partial charge >= 0.3 is 0 Å². The van der Waals surface area contributed by atoms with E-state index in [1.807, 2.05) is 0 Å². The number of halogens is 3. The van der Waals surface area contributed by atoms with Crippen LogP contribution in [0.15, 0.2) is 30.3 Å². The molecule has 1 fully saturated rings. The van der Waals surface area contributed by atoms with Crippen molar-refractivity contribution in [3.63, 3.8) is 0 Å². The molecule has 3 rings (SSSR count). The van der Waals surface area contributed by atoms with Crippen molar-refractivity contribution in [2.45, 2.75) is 38.1 Å². The van der Waals surface area contributed by atoms with Gasteiger partial charge in [-0.1, -0.05) is 54.1 Å². The molecule has 138 valence electrons. The molecule has 2 aromatic rings. The van der Waals surface area contributed by atoms with Gasteiger partial charge in [0.15, 0.2) is 0 Å². The molecule has 7 heteroatoms. The predicted octanol–water partition coefficient (Wildman–Crippen LogP) is 6.23. The number of amides is 1. The Bertz CT molecular complexity index is 820. The maximum atomic E-state index is 12.5. The van der Waals surface area contributed by atoms with Crippen LogP contribution in [0.4, 0.5) is 17.1 Å². The molecule has 0 aromatic heterocycles. The van der Waals surface area contributed by atoms with Crippen molar-refractivity contribution >= 4 is 57.8 Å². The first-order valence-electron chi connectivity index (χ1n) is 8.56. The number of carbonyl (C=O) groups excluding carboxylic acids is 1. The second kappa shape index (κ2) is 8.38. The maximum Gasteiger partial charge on any atom is 0.257 e. The van der Waals surface area contributed by atoms with Crippen LogP contribution < -0.4 is 16.4 Å². The van der Waals surface area contributed by atoms with Crippen LogP contribution >= 0.6 is 34.8 Å². The molecule has 1 aliphatic rings. The summed E-state index contributed by atoms with van der Waals surface area (Å²) in [5.41, 5.74) is 8.24. The van der Waals surface area contributed by atoms with E-state index in [1.54, 1.807) is 24.3 Å². The Morgan fingerprint density at radius 1 is 0.962 bits per heavy atom. The van der Waals surface area contributed by atoms with Crippen molar-refractivity contribution in [2.24, 2.45) is 0 Å². The predicted molar refractivity (Wildman–Crippen MR) is 111 cm³/mol. The number of nitrogens with one attached hydrogen (secondary N) is 2. The normalized spacial score (nSPS) is 14.9. The van der Waals surface area contributed by atoms with Crippen molar-refractivity contribution in [3.8, 4) is 0 Å². The van der Waals surface area contributed by atoms with E-state index in [1.165, 1.54) is 25.3 Å². The zero-order valence-corrected chi connectivity index (χ0v) is 16.4. The molecule has 4 nitrogen and oxygen atoms in total. The summed E-state index contributed by atoms with van der Waals surface area (Å²) in [6.45, 7) is 0. The van der Waals surface area contributed by atoms with Crippen LogP contribution in [-0.4, -0.2) is 11.9 Å². The standard InChI is InChI=1S/C19H20Cl3N3O/c20-11-6-7-13(14(21)8-11)19(26)25-17-10-18(16(23)9-15(17)22)24-12-4-2-1-3-5-12/h6-10,12,24H,1-5,23H2,(H,25,26). The van der Waals surface area contributed by atoms with Gasteiger partial charge in [-0.05, 0) is 43.2 Å². The molecule has 1 amide bonds. The molecule has 2 aromatic carbocycles. The van der Waals surface area contributed by atoms with Crippen LogP contribution in [0.25, 0.3) is 0 Å². The number of hydrogen-bond acceptors (Lipinski definition) is 3. The third-order valence-corrected chi connectivity index (χ3v) is 5.39. The summed E-state index contributed by atoms with van der Waals surface area (Å²) in [6.07, 6.45) is 5.93. The fourth-order valence-corrected chi connectivity index (χ4v) is 3.85. The van der Waals surface area contributed by atoms with Crippen LogP contribution in [0.2, 0.25) is 15.1 Å². The van der Waals surface area contributed by atoms with Gasteiger partial charge in [-0.2, -0.15) is 0 Å². The molecule has 0 radical (unpaired) electrons. The molecule has 0 atom stereocenters. The van der Waals surface area contributed by atoms with Gasteiger partial charge in [-0.3, -0.25) is 4.79 Å². The lowest BCUT2D eigenvalue weighted by atomic mass is 9.95. The molecule has 0 spiro atoms. The highest BCUT2D eigenvalue weighted by Gasteiger charge is 2.17. The van der Waals surface area contributed by atoms with Gasteiger partial charge in [-0.25, -0.2) is 0 Å². The van der Waals surface area contributed by atoms with Gasteiger partial charge in [0.05, 0.1) is 32.7 Å². The summed E-state index contributed by atoms with van der Waals surface area (Å²) in [5, 5.41) is 7.39. The van der Waals surface area contributed by atoms with Gasteiger partial charge in [0.2, 0.25) is 0 Å². The Labute approximate surface area is 168 Å². The van der Waals surface area contributed by atoms with Crippen LogP contribution in [0, 0.1) is 0 Å². The lowest BCUT2D eigenvalue weighted by Gasteiger charge is -2.25. The average molecular weight is 413 g/mol. The minimum absolute atomic E-state index is 0.280. The number of nitrogens with two attached hydrogens (primary N) is 1. The van der Waals surface area contributed by atoms with Crippen molar-refractivity contribution < 1.29 is 4.79 Å². The van der Waals surface area contributed by atoms with E-state index in [4.69, 9.17) is 40.5 Å². The highest BCUT2D eigenvalue weighted by atomic mass is 35.5. The quantitative estimate of drug-likeness (QED) is 0.522. The molecule has 1 saturated carbocycles. The van der Waals surface area contributed by atoms with E-state index in [0.29, 0.717) is 33.0 Å². The van der Waals surface area contributed by atoms with Gasteiger partial charge in [0.1, 0.15) is 0 Å². The first-order valence-corrected chi connectivity index (χ1v) is 9.69. The molecular weight excluding hydrogens is 393 g/mol. The van der Waals surface area contributed by atoms with Crippen molar-refractivity contribution in [3.05, 3.63) is 51.0 Å². The summed E-state index contributed by atoms with van der Waals surface area (Å²) < 4.78 is 0. The number of carbonyl (C=O) groups is 1. The van der Waals surface area contributed by atoms with Gasteiger partial charge in [0, 0.05) is 11.1 Å². The Morgan fingerprint density at radius 3 is 2.38 bits per heavy atom. The van der Waals surface area contributed by atoms with E-state index in [-0.39, 0.29) is 10.9 Å². The largest absolute Gasteiger partial charge is 0.397 e. The van der Waals surface area contributed by atoms with Crippen molar-refractivity contribution in [2.75, 3.05) is 16.4 Å². The Kier molecular flexibility index (Phi) is 6.17. The number of rotatable bonds is 4. The Balaban J connectivity index is 1.80. The van der Waals surface area contributed by atoms with Crippen LogP contribution in [-0.2, 0) is 0 Å². The molecule has 26 heavy (non-hydrogen) atoms. The van der Waals surface area contributed by atoms with E-state index >= 15 is 0 Å². The minimum Gasteiger partial charge on any atom is -0.397 e. The highest BCUT2D eigenvalue weighted by Crippen LogP contribution is 2.34. The molecule has 4 N–H and O–H groups in total. The molecule has 0 heterocycles. The number of benzene rings is 2. The van der Waals surface area contributed by atoms with E-state index in [0.717, 1.165) is 18.5 Å². The fraction of sp³-hybridized carbons (Fsp3) is 0.316. The van der Waals surface area contributed by atoms with Gasteiger partial charge in [-0.15, -0.1) is 0 Å². The van der Waals surface area contributed by atoms with Crippen molar-refractivity contribution in [1.29, 1.82) is 0 Å². The summed E-state index contributed by atoms with van der Waals surface area (Å²) >= 11 is 18.2. The summed E-state index contributed by atoms with van der Waals surface area (Å²) in [4.78, 5) is 12.5. The van der Waals surface area contributed by atoms with Crippen LogP contribution in [0.1, 0.15) is 42.5 Å². The van der Waals surface area contributed by atoms with Gasteiger partial charge in [0.25, 0.3) is 5.91 Å². The highest BCUT2D eigenvalue weighted by molar-refractivity contribution is 6.38. The fourth-order valence-electron chi connectivity index (χ4n) is 3.14. The molecule has 0 aliphatic heterocycles. The first-order chi connectivity index (χ1) is 12.4. The van der Waals surface area contributed by atoms with E-state index in [9.17, 15) is 4.79 Å².